The topological polar surface area (TPSA) is 93.2 Å². The predicted molar refractivity (Wildman–Crippen MR) is 188 cm³/mol. The number of carbonyl (C=O) groups excluding carboxylic acids is 4. The minimum atomic E-state index is -0.488. The van der Waals surface area contributed by atoms with Gasteiger partial charge in [0.15, 0.2) is 0 Å². The van der Waals surface area contributed by atoms with Gasteiger partial charge in [-0.05, 0) is 40.2 Å². The van der Waals surface area contributed by atoms with Crippen LogP contribution in [0.3, 0.4) is 0 Å². The fourth-order valence-corrected chi connectivity index (χ4v) is 8.46. The minimum Gasteiger partial charge on any atom is -0.426 e. The molecule has 2 heterocycles. The molecule has 0 N–H and O–H groups in total. The van der Waals surface area contributed by atoms with Gasteiger partial charge in [-0.25, -0.2) is 0 Å². The number of esters is 2. The van der Waals surface area contributed by atoms with Crippen molar-refractivity contribution >= 4 is 79.9 Å². The monoisotopic (exact) mass is 686 g/mol. The first kappa shape index (κ1) is 32.4. The van der Waals surface area contributed by atoms with Crippen LogP contribution in [0.5, 0.6) is 11.5 Å². The van der Waals surface area contributed by atoms with Crippen molar-refractivity contribution in [2.75, 3.05) is 34.6 Å². The van der Waals surface area contributed by atoms with Crippen molar-refractivity contribution in [3.8, 4) is 11.5 Å². The molecule has 7 rings (SSSR count). The molecular weight excluding hydrogens is 651 g/mol. The van der Waals surface area contributed by atoms with E-state index in [0.717, 1.165) is 51.9 Å². The lowest BCUT2D eigenvalue weighted by molar-refractivity contribution is -0.132. The third-order valence-corrected chi connectivity index (χ3v) is 11.0. The fourth-order valence-electron chi connectivity index (χ4n) is 7.95. The van der Waals surface area contributed by atoms with Crippen LogP contribution < -0.4 is 19.3 Å². The summed E-state index contributed by atoms with van der Waals surface area (Å²) in [4.78, 5) is 56.0. The predicted octanol–water partition coefficient (Wildman–Crippen LogP) is 7.83. The number of hydrogen-bond acceptors (Lipinski definition) is 6. The molecule has 4 aromatic carbocycles. The van der Waals surface area contributed by atoms with E-state index < -0.39 is 17.4 Å². The van der Waals surface area contributed by atoms with Gasteiger partial charge in [-0.15, -0.1) is 23.2 Å². The van der Waals surface area contributed by atoms with Gasteiger partial charge < -0.3 is 19.3 Å². The number of nitrogens with zero attached hydrogens (tertiary/aromatic N) is 2. The Morgan fingerprint density at radius 1 is 0.688 bits per heavy atom. The first-order chi connectivity index (χ1) is 23.1. The van der Waals surface area contributed by atoms with Crippen LogP contribution in [0.2, 0.25) is 0 Å². The molecule has 248 valence electrons. The van der Waals surface area contributed by atoms with Crippen LogP contribution in [0.15, 0.2) is 60.7 Å². The van der Waals surface area contributed by atoms with Gasteiger partial charge in [-0.2, -0.15) is 0 Å². The first-order valence-corrected chi connectivity index (χ1v) is 17.4. The summed E-state index contributed by atoms with van der Waals surface area (Å²) in [7, 11) is 0. The van der Waals surface area contributed by atoms with Crippen molar-refractivity contribution in [3.63, 3.8) is 0 Å². The molecule has 1 aliphatic carbocycles. The van der Waals surface area contributed by atoms with Crippen LogP contribution in [0.1, 0.15) is 68.9 Å². The molecule has 0 unspecified atom stereocenters. The zero-order valence-corrected chi connectivity index (χ0v) is 28.4. The quantitative estimate of drug-likeness (QED) is 0.107. The van der Waals surface area contributed by atoms with Crippen molar-refractivity contribution in [2.24, 2.45) is 5.41 Å². The number of rotatable bonds is 8. The van der Waals surface area contributed by atoms with E-state index in [9.17, 15) is 19.2 Å². The molecule has 2 aliphatic heterocycles. The molecule has 2 amide bonds. The van der Waals surface area contributed by atoms with E-state index in [1.807, 2.05) is 48.5 Å². The van der Waals surface area contributed by atoms with E-state index in [1.165, 1.54) is 13.8 Å². The van der Waals surface area contributed by atoms with Gasteiger partial charge in [0.05, 0.1) is 11.4 Å². The Bertz CT molecular complexity index is 1850. The standard InChI is InChI=1S/C38H36Cl2N2O6/c1-22(43)47-32-14-30-36(28-10-5-3-8-26(28)32)24(18-39)20-41(30)34(45)16-38(12-7-13-38)17-35(46)42-21-25(19-40)37-29-11-6-4-9-27(29)33(15-31(37)42)48-23(2)44/h3-6,8-11,14-15,24-25H,7,12-13,16-21H2,1-2H3/t24-,25-/m1/s1. The molecular formula is C38H36Cl2N2O6. The molecule has 10 heteroatoms. The summed E-state index contributed by atoms with van der Waals surface area (Å²) >= 11 is 12.9. The smallest absolute Gasteiger partial charge is 0.308 e. The summed E-state index contributed by atoms with van der Waals surface area (Å²) in [5.41, 5.74) is 2.85. The van der Waals surface area contributed by atoms with E-state index in [-0.39, 0.29) is 36.5 Å². The summed E-state index contributed by atoms with van der Waals surface area (Å²) < 4.78 is 11.2. The maximum Gasteiger partial charge on any atom is 0.308 e. The van der Waals surface area contributed by atoms with Gasteiger partial charge >= 0.3 is 11.9 Å². The van der Waals surface area contributed by atoms with Crippen LogP contribution in [0.4, 0.5) is 11.4 Å². The van der Waals surface area contributed by atoms with Crippen molar-refractivity contribution < 1.29 is 28.7 Å². The Labute approximate surface area is 288 Å². The average Bonchev–Trinajstić information content (AvgIpc) is 3.62. The largest absolute Gasteiger partial charge is 0.426 e. The third kappa shape index (κ3) is 5.59. The summed E-state index contributed by atoms with van der Waals surface area (Å²) in [6.07, 6.45) is 2.87. The second kappa shape index (κ2) is 12.7. The highest BCUT2D eigenvalue weighted by atomic mass is 35.5. The van der Waals surface area contributed by atoms with Gasteiger partial charge in [0, 0.05) is 86.3 Å². The zero-order valence-electron chi connectivity index (χ0n) is 26.9. The maximum absolute atomic E-state index is 14.2. The minimum absolute atomic E-state index is 0.0796. The van der Waals surface area contributed by atoms with Gasteiger partial charge in [0.1, 0.15) is 11.5 Å². The molecule has 0 radical (unpaired) electrons. The van der Waals surface area contributed by atoms with Crippen molar-refractivity contribution in [1.82, 2.24) is 0 Å². The molecule has 8 nitrogen and oxygen atoms in total. The number of anilines is 2. The molecule has 0 aromatic heterocycles. The lowest BCUT2D eigenvalue weighted by atomic mass is 9.64. The van der Waals surface area contributed by atoms with Gasteiger partial charge in [0.25, 0.3) is 0 Å². The van der Waals surface area contributed by atoms with Crippen LogP contribution in [-0.2, 0) is 19.2 Å². The summed E-state index contributed by atoms with van der Waals surface area (Å²) in [6, 6.07) is 18.9. The van der Waals surface area contributed by atoms with Crippen molar-refractivity contribution in [1.29, 1.82) is 0 Å². The summed E-state index contributed by atoms with van der Waals surface area (Å²) in [6.45, 7) is 3.55. The summed E-state index contributed by atoms with van der Waals surface area (Å²) in [5.74, 6) is 0.254. The Morgan fingerprint density at radius 2 is 1.08 bits per heavy atom. The van der Waals surface area contributed by atoms with Crippen LogP contribution in [-0.4, -0.2) is 48.6 Å². The second-order valence-electron chi connectivity index (χ2n) is 13.3. The highest BCUT2D eigenvalue weighted by molar-refractivity contribution is 6.19. The highest BCUT2D eigenvalue weighted by Crippen LogP contribution is 2.52. The number of halogens is 2. The maximum atomic E-state index is 14.2. The van der Waals surface area contributed by atoms with E-state index in [4.69, 9.17) is 32.7 Å². The van der Waals surface area contributed by atoms with Gasteiger partial charge in [-0.1, -0.05) is 55.0 Å². The average molecular weight is 688 g/mol. The van der Waals surface area contributed by atoms with E-state index >= 15 is 0 Å². The number of alkyl halides is 2. The normalized spacial score (nSPS) is 19.2. The number of ether oxygens (including phenoxy) is 2. The molecule has 0 saturated heterocycles. The Balaban J connectivity index is 1.18. The molecule has 0 spiro atoms. The molecule has 48 heavy (non-hydrogen) atoms. The number of amides is 2. The molecule has 3 aliphatic rings. The van der Waals surface area contributed by atoms with Gasteiger partial charge in [-0.3, -0.25) is 19.2 Å². The Hall–Kier alpha value is -4.14. The van der Waals surface area contributed by atoms with E-state index in [0.29, 0.717) is 47.7 Å². The number of carbonyl (C=O) groups is 4. The Kier molecular flexibility index (Phi) is 8.58. The third-order valence-electron chi connectivity index (χ3n) is 10.2. The highest BCUT2D eigenvalue weighted by Gasteiger charge is 2.46. The number of hydrogen-bond donors (Lipinski definition) is 0. The molecule has 1 fully saturated rings. The van der Waals surface area contributed by atoms with Crippen molar-refractivity contribution in [2.45, 2.75) is 57.8 Å². The number of benzene rings is 4. The second-order valence-corrected chi connectivity index (χ2v) is 13.9. The SMILES string of the molecule is CC(=O)Oc1cc2c(c3ccccc13)[C@H](CCl)CN2C(=O)CC1(CC(=O)N2C[C@@H](CCl)c3c2cc(OC(C)=O)c2ccccc32)CCC1. The van der Waals surface area contributed by atoms with Crippen molar-refractivity contribution in [3.05, 3.63) is 71.8 Å². The first-order valence-electron chi connectivity index (χ1n) is 16.3. The number of fused-ring (bicyclic) bond motifs is 6. The van der Waals surface area contributed by atoms with E-state index in [2.05, 4.69) is 0 Å². The lowest BCUT2D eigenvalue weighted by Crippen LogP contribution is -2.43. The Morgan fingerprint density at radius 3 is 1.42 bits per heavy atom. The van der Waals surface area contributed by atoms with E-state index in [1.54, 1.807) is 21.9 Å². The van der Waals surface area contributed by atoms with Crippen LogP contribution in [0.25, 0.3) is 21.5 Å². The molecule has 1 saturated carbocycles. The molecule has 0 bridgehead atoms. The molecule has 4 aromatic rings. The molecule has 2 atom stereocenters. The lowest BCUT2D eigenvalue weighted by Gasteiger charge is -2.42. The van der Waals surface area contributed by atoms with Gasteiger partial charge in [0.2, 0.25) is 11.8 Å². The fraction of sp³-hybridized carbons (Fsp3) is 0.368. The summed E-state index contributed by atoms with van der Waals surface area (Å²) in [5, 5.41) is 3.40. The van der Waals surface area contributed by atoms with Crippen LogP contribution in [0, 0.1) is 5.41 Å². The van der Waals surface area contributed by atoms with Crippen LogP contribution >= 0.6 is 23.2 Å². The zero-order chi connectivity index (χ0) is 33.7.